The first-order valence-electron chi connectivity index (χ1n) is 7.36. The van der Waals surface area contributed by atoms with E-state index in [1.54, 1.807) is 0 Å². The number of benzene rings is 1. The standard InChI is InChI=1S/C16H22ClNO/c1-11-2-7-14(17)15(10-11)19-9-8-18-16(12-3-4-12)13-5-6-13/h2,7,10,12-13,16,18H,3-6,8-9H2,1H3. The highest BCUT2D eigenvalue weighted by molar-refractivity contribution is 6.32. The molecule has 0 aliphatic heterocycles. The van der Waals surface area contributed by atoms with Crippen molar-refractivity contribution in [3.05, 3.63) is 28.8 Å². The van der Waals surface area contributed by atoms with Gasteiger partial charge in [0.25, 0.3) is 0 Å². The third-order valence-corrected chi connectivity index (χ3v) is 4.40. The Labute approximate surface area is 120 Å². The van der Waals surface area contributed by atoms with Crippen molar-refractivity contribution in [1.82, 2.24) is 5.32 Å². The van der Waals surface area contributed by atoms with Gasteiger partial charge in [0.1, 0.15) is 12.4 Å². The lowest BCUT2D eigenvalue weighted by Crippen LogP contribution is -2.36. The Morgan fingerprint density at radius 2 is 1.95 bits per heavy atom. The van der Waals surface area contributed by atoms with Crippen molar-refractivity contribution in [3.63, 3.8) is 0 Å². The predicted molar refractivity (Wildman–Crippen MR) is 78.9 cm³/mol. The van der Waals surface area contributed by atoms with Crippen LogP contribution in [0.1, 0.15) is 31.2 Å². The average molecular weight is 280 g/mol. The molecule has 0 saturated heterocycles. The second kappa shape index (κ2) is 5.72. The fourth-order valence-corrected chi connectivity index (χ4v) is 2.91. The van der Waals surface area contributed by atoms with Gasteiger partial charge in [-0.3, -0.25) is 0 Å². The molecule has 0 atom stereocenters. The zero-order valence-corrected chi connectivity index (χ0v) is 12.2. The van der Waals surface area contributed by atoms with E-state index < -0.39 is 0 Å². The van der Waals surface area contributed by atoms with Gasteiger partial charge in [0.05, 0.1) is 5.02 Å². The second-order valence-corrected chi connectivity index (χ2v) is 6.34. The maximum Gasteiger partial charge on any atom is 0.138 e. The molecule has 2 aliphatic carbocycles. The molecule has 0 unspecified atom stereocenters. The Kier molecular flexibility index (Phi) is 3.99. The highest BCUT2D eigenvalue weighted by atomic mass is 35.5. The molecular weight excluding hydrogens is 258 g/mol. The molecule has 2 nitrogen and oxygen atoms in total. The maximum absolute atomic E-state index is 6.11. The van der Waals surface area contributed by atoms with E-state index in [2.05, 4.69) is 12.2 Å². The van der Waals surface area contributed by atoms with E-state index in [0.717, 1.165) is 30.2 Å². The molecule has 3 heteroatoms. The van der Waals surface area contributed by atoms with E-state index in [-0.39, 0.29) is 0 Å². The van der Waals surface area contributed by atoms with Gasteiger partial charge < -0.3 is 10.1 Å². The minimum atomic E-state index is 0.694. The van der Waals surface area contributed by atoms with E-state index in [0.29, 0.717) is 11.6 Å². The minimum absolute atomic E-state index is 0.694. The SMILES string of the molecule is Cc1ccc(Cl)c(OCCNC(C2CC2)C2CC2)c1. The molecule has 2 saturated carbocycles. The van der Waals surface area contributed by atoms with Crippen LogP contribution in [0.15, 0.2) is 18.2 Å². The first-order chi connectivity index (χ1) is 9.24. The number of hydrogen-bond acceptors (Lipinski definition) is 2. The van der Waals surface area contributed by atoms with Gasteiger partial charge in [0.2, 0.25) is 0 Å². The molecule has 0 heterocycles. The van der Waals surface area contributed by atoms with Crippen LogP contribution in [0, 0.1) is 18.8 Å². The third kappa shape index (κ3) is 3.64. The summed E-state index contributed by atoms with van der Waals surface area (Å²) in [6.07, 6.45) is 5.66. The lowest BCUT2D eigenvalue weighted by molar-refractivity contribution is 0.293. The van der Waals surface area contributed by atoms with Crippen LogP contribution in [0.5, 0.6) is 5.75 Å². The van der Waals surface area contributed by atoms with Gasteiger partial charge in [-0.1, -0.05) is 17.7 Å². The summed E-state index contributed by atoms with van der Waals surface area (Å²) < 4.78 is 5.77. The highest BCUT2D eigenvalue weighted by Crippen LogP contribution is 2.44. The van der Waals surface area contributed by atoms with E-state index in [1.807, 2.05) is 18.2 Å². The Bertz CT molecular complexity index is 428. The van der Waals surface area contributed by atoms with Gasteiger partial charge in [-0.25, -0.2) is 0 Å². The minimum Gasteiger partial charge on any atom is -0.491 e. The Hall–Kier alpha value is -0.730. The Morgan fingerprint density at radius 3 is 2.58 bits per heavy atom. The zero-order chi connectivity index (χ0) is 13.2. The summed E-state index contributed by atoms with van der Waals surface area (Å²) >= 11 is 6.11. The quantitative estimate of drug-likeness (QED) is 0.767. The van der Waals surface area contributed by atoms with Gasteiger partial charge >= 0.3 is 0 Å². The molecule has 1 aromatic carbocycles. The summed E-state index contributed by atoms with van der Waals surface area (Å²) in [4.78, 5) is 0. The number of halogens is 1. The number of nitrogens with one attached hydrogen (secondary N) is 1. The van der Waals surface area contributed by atoms with Crippen molar-refractivity contribution >= 4 is 11.6 Å². The summed E-state index contributed by atoms with van der Waals surface area (Å²) in [5.41, 5.74) is 1.18. The van der Waals surface area contributed by atoms with Gasteiger partial charge in [-0.15, -0.1) is 0 Å². The van der Waals surface area contributed by atoms with Crippen LogP contribution < -0.4 is 10.1 Å². The molecule has 0 bridgehead atoms. The molecule has 2 fully saturated rings. The Balaban J connectivity index is 1.43. The lowest BCUT2D eigenvalue weighted by Gasteiger charge is -2.18. The molecule has 1 N–H and O–H groups in total. The molecule has 3 rings (SSSR count). The van der Waals surface area contributed by atoms with Crippen molar-refractivity contribution in [1.29, 1.82) is 0 Å². The smallest absolute Gasteiger partial charge is 0.138 e. The van der Waals surface area contributed by atoms with Crippen LogP contribution in [-0.2, 0) is 0 Å². The molecule has 104 valence electrons. The molecule has 0 spiro atoms. The first kappa shape index (κ1) is 13.3. The van der Waals surface area contributed by atoms with Gasteiger partial charge in [0.15, 0.2) is 0 Å². The van der Waals surface area contributed by atoms with E-state index >= 15 is 0 Å². The van der Waals surface area contributed by atoms with Gasteiger partial charge in [-0.05, 0) is 62.1 Å². The normalized spacial score (nSPS) is 18.9. The lowest BCUT2D eigenvalue weighted by atomic mass is 10.1. The van der Waals surface area contributed by atoms with Crippen LogP contribution in [0.25, 0.3) is 0 Å². The van der Waals surface area contributed by atoms with Crippen LogP contribution in [-0.4, -0.2) is 19.2 Å². The molecule has 2 aliphatic rings. The van der Waals surface area contributed by atoms with Gasteiger partial charge in [0, 0.05) is 12.6 Å². The van der Waals surface area contributed by atoms with E-state index in [9.17, 15) is 0 Å². The maximum atomic E-state index is 6.11. The summed E-state index contributed by atoms with van der Waals surface area (Å²) in [5.74, 6) is 2.68. The molecule has 19 heavy (non-hydrogen) atoms. The second-order valence-electron chi connectivity index (χ2n) is 5.94. The summed E-state index contributed by atoms with van der Waals surface area (Å²) in [7, 11) is 0. The van der Waals surface area contributed by atoms with Crippen LogP contribution >= 0.6 is 11.6 Å². The van der Waals surface area contributed by atoms with Crippen LogP contribution in [0.3, 0.4) is 0 Å². The topological polar surface area (TPSA) is 21.3 Å². The van der Waals surface area contributed by atoms with Crippen molar-refractivity contribution in [2.24, 2.45) is 11.8 Å². The molecule has 0 amide bonds. The highest BCUT2D eigenvalue weighted by Gasteiger charge is 2.40. The van der Waals surface area contributed by atoms with Crippen molar-refractivity contribution < 1.29 is 4.74 Å². The largest absolute Gasteiger partial charge is 0.491 e. The summed E-state index contributed by atoms with van der Waals surface area (Å²) in [6, 6.07) is 6.65. The third-order valence-electron chi connectivity index (χ3n) is 4.09. The van der Waals surface area contributed by atoms with Crippen molar-refractivity contribution in [2.75, 3.05) is 13.2 Å². The summed E-state index contributed by atoms with van der Waals surface area (Å²) in [5, 5.41) is 4.38. The molecular formula is C16H22ClNO. The number of aryl methyl sites for hydroxylation is 1. The summed E-state index contributed by atoms with van der Waals surface area (Å²) in [6.45, 7) is 3.67. The number of rotatable bonds is 7. The number of hydrogen-bond donors (Lipinski definition) is 1. The molecule has 1 aromatic rings. The Morgan fingerprint density at radius 1 is 1.26 bits per heavy atom. The fourth-order valence-electron chi connectivity index (χ4n) is 2.74. The van der Waals surface area contributed by atoms with Crippen molar-refractivity contribution in [3.8, 4) is 5.75 Å². The molecule has 0 radical (unpaired) electrons. The van der Waals surface area contributed by atoms with Gasteiger partial charge in [-0.2, -0.15) is 0 Å². The van der Waals surface area contributed by atoms with Crippen molar-refractivity contribution in [2.45, 2.75) is 38.6 Å². The van der Waals surface area contributed by atoms with E-state index in [4.69, 9.17) is 16.3 Å². The average Bonchev–Trinajstić information content (AvgIpc) is 3.26. The predicted octanol–water partition coefficient (Wildman–Crippen LogP) is 3.81. The van der Waals surface area contributed by atoms with Crippen LogP contribution in [0.2, 0.25) is 5.02 Å². The zero-order valence-electron chi connectivity index (χ0n) is 11.5. The fraction of sp³-hybridized carbons (Fsp3) is 0.625. The monoisotopic (exact) mass is 279 g/mol. The number of ether oxygens (including phenoxy) is 1. The van der Waals surface area contributed by atoms with Crippen LogP contribution in [0.4, 0.5) is 0 Å². The molecule has 0 aromatic heterocycles. The van der Waals surface area contributed by atoms with E-state index in [1.165, 1.54) is 31.2 Å². The first-order valence-corrected chi connectivity index (χ1v) is 7.74.